The number of amides is 2. The molecule has 0 spiro atoms. The fourth-order valence-corrected chi connectivity index (χ4v) is 1.78. The van der Waals surface area contributed by atoms with Crippen LogP contribution < -0.4 is 5.32 Å². The van der Waals surface area contributed by atoms with E-state index in [0.717, 1.165) is 0 Å². The van der Waals surface area contributed by atoms with E-state index in [4.69, 9.17) is 11.6 Å². The van der Waals surface area contributed by atoms with Crippen molar-refractivity contribution in [2.75, 3.05) is 13.1 Å². The van der Waals surface area contributed by atoms with Crippen molar-refractivity contribution in [3.63, 3.8) is 0 Å². The van der Waals surface area contributed by atoms with Gasteiger partial charge in [-0.15, -0.1) is 0 Å². The molecule has 0 radical (unpaired) electrons. The average Bonchev–Trinajstić information content (AvgIpc) is 2.35. The molecular weight excluding hydrogens is 266 g/mol. The van der Waals surface area contributed by atoms with Gasteiger partial charge in [0.15, 0.2) is 0 Å². The molecule has 0 unspecified atom stereocenters. The summed E-state index contributed by atoms with van der Waals surface area (Å²) in [6, 6.07) is 3.28. The Morgan fingerprint density at radius 3 is 2.68 bits per heavy atom. The van der Waals surface area contributed by atoms with Crippen LogP contribution in [0.5, 0.6) is 0 Å². The molecule has 1 N–H and O–H groups in total. The van der Waals surface area contributed by atoms with Gasteiger partial charge in [0.05, 0.1) is 12.1 Å². The van der Waals surface area contributed by atoms with E-state index in [2.05, 4.69) is 10.3 Å². The second-order valence-corrected chi connectivity index (χ2v) is 4.74. The van der Waals surface area contributed by atoms with Gasteiger partial charge in [-0.05, 0) is 32.9 Å². The standard InChI is InChI=1S/C13H18ClN3O2/c1-4-17(8-11(18)16-9(2)3)13(19)10-6-5-7-15-12(10)14/h5-7,9H,4,8H2,1-3H3,(H,16,18). The van der Waals surface area contributed by atoms with Crippen LogP contribution in [0, 0.1) is 0 Å². The highest BCUT2D eigenvalue weighted by molar-refractivity contribution is 6.32. The average molecular weight is 284 g/mol. The molecule has 1 aromatic heterocycles. The van der Waals surface area contributed by atoms with Gasteiger partial charge in [0.2, 0.25) is 5.91 Å². The van der Waals surface area contributed by atoms with Gasteiger partial charge in [-0.2, -0.15) is 0 Å². The van der Waals surface area contributed by atoms with E-state index in [1.165, 1.54) is 11.1 Å². The van der Waals surface area contributed by atoms with Crippen LogP contribution >= 0.6 is 11.6 Å². The van der Waals surface area contributed by atoms with E-state index >= 15 is 0 Å². The number of carbonyl (C=O) groups excluding carboxylic acids is 2. The first-order valence-electron chi connectivity index (χ1n) is 6.14. The van der Waals surface area contributed by atoms with Crippen LogP contribution in [0.25, 0.3) is 0 Å². The maximum absolute atomic E-state index is 12.2. The first kappa shape index (κ1) is 15.4. The number of pyridine rings is 1. The number of rotatable bonds is 5. The quantitative estimate of drug-likeness (QED) is 0.837. The van der Waals surface area contributed by atoms with Crippen molar-refractivity contribution in [1.82, 2.24) is 15.2 Å². The molecule has 104 valence electrons. The Labute approximate surface area is 118 Å². The van der Waals surface area contributed by atoms with Gasteiger partial charge in [-0.25, -0.2) is 4.98 Å². The molecule has 0 bridgehead atoms. The van der Waals surface area contributed by atoms with Gasteiger partial charge in [0.1, 0.15) is 5.15 Å². The van der Waals surface area contributed by atoms with Crippen LogP contribution in [-0.4, -0.2) is 40.8 Å². The molecule has 19 heavy (non-hydrogen) atoms. The number of aromatic nitrogens is 1. The lowest BCUT2D eigenvalue weighted by Gasteiger charge is -2.21. The lowest BCUT2D eigenvalue weighted by atomic mass is 10.2. The summed E-state index contributed by atoms with van der Waals surface area (Å²) in [4.78, 5) is 29.2. The van der Waals surface area contributed by atoms with E-state index in [-0.39, 0.29) is 29.6 Å². The van der Waals surface area contributed by atoms with Crippen molar-refractivity contribution in [2.24, 2.45) is 0 Å². The molecule has 1 heterocycles. The molecule has 1 rings (SSSR count). The minimum atomic E-state index is -0.292. The zero-order chi connectivity index (χ0) is 14.4. The van der Waals surface area contributed by atoms with Crippen LogP contribution in [0.15, 0.2) is 18.3 Å². The third-order valence-electron chi connectivity index (χ3n) is 2.44. The minimum Gasteiger partial charge on any atom is -0.352 e. The van der Waals surface area contributed by atoms with Crippen molar-refractivity contribution in [3.8, 4) is 0 Å². The van der Waals surface area contributed by atoms with Gasteiger partial charge in [-0.3, -0.25) is 9.59 Å². The Kier molecular flexibility index (Phi) is 5.76. The normalized spacial score (nSPS) is 10.4. The first-order chi connectivity index (χ1) is 8.95. The largest absolute Gasteiger partial charge is 0.352 e. The van der Waals surface area contributed by atoms with Gasteiger partial charge < -0.3 is 10.2 Å². The highest BCUT2D eigenvalue weighted by Crippen LogP contribution is 2.14. The predicted octanol–water partition coefficient (Wildman–Crippen LogP) is 1.72. The third kappa shape index (κ3) is 4.52. The summed E-state index contributed by atoms with van der Waals surface area (Å²) < 4.78 is 0. The fourth-order valence-electron chi connectivity index (χ4n) is 1.58. The molecular formula is C13H18ClN3O2. The lowest BCUT2D eigenvalue weighted by molar-refractivity contribution is -0.122. The van der Waals surface area contributed by atoms with Crippen LogP contribution in [0.3, 0.4) is 0 Å². The van der Waals surface area contributed by atoms with Crippen LogP contribution in [0.2, 0.25) is 5.15 Å². The topological polar surface area (TPSA) is 62.3 Å². The SMILES string of the molecule is CCN(CC(=O)NC(C)C)C(=O)c1cccnc1Cl. The van der Waals surface area contributed by atoms with E-state index < -0.39 is 0 Å². The molecule has 0 aliphatic heterocycles. The molecule has 0 fully saturated rings. The molecule has 0 saturated heterocycles. The number of hydrogen-bond acceptors (Lipinski definition) is 3. The minimum absolute atomic E-state index is 0.0126. The lowest BCUT2D eigenvalue weighted by Crippen LogP contribution is -2.42. The van der Waals surface area contributed by atoms with Crippen molar-refractivity contribution in [2.45, 2.75) is 26.8 Å². The van der Waals surface area contributed by atoms with Crippen LogP contribution in [0.1, 0.15) is 31.1 Å². The maximum atomic E-state index is 12.2. The maximum Gasteiger partial charge on any atom is 0.257 e. The molecule has 0 atom stereocenters. The van der Waals surface area contributed by atoms with Crippen LogP contribution in [-0.2, 0) is 4.79 Å². The number of nitrogens with one attached hydrogen (secondary N) is 1. The zero-order valence-corrected chi connectivity index (χ0v) is 12.1. The van der Waals surface area contributed by atoms with Gasteiger partial charge in [-0.1, -0.05) is 11.6 Å². The number of halogens is 1. The molecule has 6 heteroatoms. The summed E-state index contributed by atoms with van der Waals surface area (Å²) >= 11 is 5.88. The Morgan fingerprint density at radius 2 is 2.16 bits per heavy atom. The number of nitrogens with zero attached hydrogens (tertiary/aromatic N) is 2. The highest BCUT2D eigenvalue weighted by atomic mass is 35.5. The second kappa shape index (κ2) is 7.09. The molecule has 5 nitrogen and oxygen atoms in total. The van der Waals surface area contributed by atoms with E-state index in [1.807, 2.05) is 20.8 Å². The van der Waals surface area contributed by atoms with E-state index in [0.29, 0.717) is 12.1 Å². The summed E-state index contributed by atoms with van der Waals surface area (Å²) in [5, 5.41) is 2.90. The summed E-state index contributed by atoms with van der Waals surface area (Å²) in [6.07, 6.45) is 1.51. The smallest absolute Gasteiger partial charge is 0.257 e. The molecule has 0 aliphatic rings. The number of hydrogen-bond donors (Lipinski definition) is 1. The Hall–Kier alpha value is -1.62. The van der Waals surface area contributed by atoms with Gasteiger partial charge in [0, 0.05) is 18.8 Å². The van der Waals surface area contributed by atoms with E-state index in [9.17, 15) is 9.59 Å². The Morgan fingerprint density at radius 1 is 1.47 bits per heavy atom. The van der Waals surface area contributed by atoms with Crippen molar-refractivity contribution < 1.29 is 9.59 Å². The summed E-state index contributed by atoms with van der Waals surface area (Å²) in [7, 11) is 0. The monoisotopic (exact) mass is 283 g/mol. The molecule has 0 aliphatic carbocycles. The van der Waals surface area contributed by atoms with E-state index in [1.54, 1.807) is 12.1 Å². The Balaban J connectivity index is 2.78. The predicted molar refractivity (Wildman–Crippen MR) is 74.1 cm³/mol. The molecule has 1 aromatic rings. The zero-order valence-electron chi connectivity index (χ0n) is 11.3. The molecule has 2 amide bonds. The fraction of sp³-hybridized carbons (Fsp3) is 0.462. The third-order valence-corrected chi connectivity index (χ3v) is 2.74. The van der Waals surface area contributed by atoms with Crippen molar-refractivity contribution in [3.05, 3.63) is 29.0 Å². The van der Waals surface area contributed by atoms with Gasteiger partial charge in [0.25, 0.3) is 5.91 Å². The number of carbonyl (C=O) groups is 2. The highest BCUT2D eigenvalue weighted by Gasteiger charge is 2.20. The van der Waals surface area contributed by atoms with Gasteiger partial charge >= 0.3 is 0 Å². The second-order valence-electron chi connectivity index (χ2n) is 4.38. The summed E-state index contributed by atoms with van der Waals surface area (Å²) in [6.45, 7) is 5.99. The summed E-state index contributed by atoms with van der Waals surface area (Å²) in [5.41, 5.74) is 0.309. The molecule has 0 aromatic carbocycles. The van der Waals surface area contributed by atoms with Crippen molar-refractivity contribution >= 4 is 23.4 Å². The van der Waals surface area contributed by atoms with Crippen LogP contribution in [0.4, 0.5) is 0 Å². The van der Waals surface area contributed by atoms with Crippen molar-refractivity contribution in [1.29, 1.82) is 0 Å². The Bertz CT molecular complexity index is 463. The number of likely N-dealkylation sites (N-methyl/N-ethyl adjacent to an activating group) is 1. The molecule has 0 saturated carbocycles. The summed E-state index contributed by atoms with van der Waals surface area (Å²) in [5.74, 6) is -0.482. The first-order valence-corrected chi connectivity index (χ1v) is 6.52.